The fourth-order valence-electron chi connectivity index (χ4n) is 3.14. The summed E-state index contributed by atoms with van der Waals surface area (Å²) in [4.78, 5) is 11.6. The first-order chi connectivity index (χ1) is 14.8. The quantitative estimate of drug-likeness (QED) is 0.198. The van der Waals surface area contributed by atoms with Crippen LogP contribution in [0.4, 0.5) is 0 Å². The van der Waals surface area contributed by atoms with Crippen molar-refractivity contribution in [2.75, 3.05) is 59.5 Å². The molecule has 1 fully saturated rings. The molecule has 0 spiro atoms. The lowest BCUT2D eigenvalue weighted by atomic mass is 10.1. The zero-order valence-electron chi connectivity index (χ0n) is 19.1. The third-order valence-corrected chi connectivity index (χ3v) is 4.89. The van der Waals surface area contributed by atoms with Crippen molar-refractivity contribution in [1.82, 2.24) is 0 Å². The van der Waals surface area contributed by atoms with E-state index in [0.29, 0.717) is 59.3 Å². The van der Waals surface area contributed by atoms with Crippen LogP contribution in [0.2, 0.25) is 0 Å². The number of hydrogen-bond acceptors (Lipinski definition) is 7. The van der Waals surface area contributed by atoms with Gasteiger partial charge < -0.3 is 28.4 Å². The van der Waals surface area contributed by atoms with Crippen LogP contribution in [0.1, 0.15) is 77.6 Å². The Morgan fingerprint density at radius 2 is 1.37 bits per heavy atom. The predicted molar refractivity (Wildman–Crippen MR) is 116 cm³/mol. The topological polar surface area (TPSA) is 72.5 Å². The van der Waals surface area contributed by atoms with E-state index in [1.165, 1.54) is 38.5 Å². The van der Waals surface area contributed by atoms with Gasteiger partial charge in [0.05, 0.1) is 46.2 Å². The minimum absolute atomic E-state index is 0.0599. The van der Waals surface area contributed by atoms with Gasteiger partial charge in [-0.15, -0.1) is 0 Å². The van der Waals surface area contributed by atoms with Crippen LogP contribution in [-0.2, 0) is 33.2 Å². The average molecular weight is 433 g/mol. The van der Waals surface area contributed by atoms with Crippen molar-refractivity contribution >= 4 is 5.97 Å². The predicted octanol–water partition coefficient (Wildman–Crippen LogP) is 4.26. The van der Waals surface area contributed by atoms with Crippen LogP contribution in [-0.4, -0.2) is 71.7 Å². The Hall–Kier alpha value is -0.730. The molecule has 0 aliphatic carbocycles. The van der Waals surface area contributed by atoms with E-state index in [1.807, 2.05) is 0 Å². The van der Waals surface area contributed by atoms with Crippen molar-refractivity contribution < 1.29 is 33.2 Å². The number of hydrogen-bond donors (Lipinski definition) is 0. The van der Waals surface area contributed by atoms with Crippen LogP contribution in [0, 0.1) is 0 Å². The van der Waals surface area contributed by atoms with Crippen molar-refractivity contribution in [1.29, 1.82) is 0 Å². The number of carbonyl (C=O) groups is 1. The second kappa shape index (κ2) is 21.5. The van der Waals surface area contributed by atoms with Gasteiger partial charge in [0.1, 0.15) is 6.61 Å². The summed E-state index contributed by atoms with van der Waals surface area (Å²) in [6.07, 6.45) is 12.1. The molecule has 7 heteroatoms. The molecule has 1 aliphatic rings. The first-order valence-corrected chi connectivity index (χ1v) is 11.9. The summed E-state index contributed by atoms with van der Waals surface area (Å²) >= 11 is 0. The monoisotopic (exact) mass is 432 g/mol. The second-order valence-electron chi connectivity index (χ2n) is 7.60. The van der Waals surface area contributed by atoms with E-state index in [4.69, 9.17) is 28.4 Å². The summed E-state index contributed by atoms with van der Waals surface area (Å²) < 4.78 is 32.5. The third-order valence-electron chi connectivity index (χ3n) is 4.89. The molecular weight excluding hydrogens is 388 g/mol. The minimum Gasteiger partial charge on any atom is -0.463 e. The van der Waals surface area contributed by atoms with Gasteiger partial charge in [-0.05, 0) is 25.7 Å². The highest BCUT2D eigenvalue weighted by Gasteiger charge is 2.13. The molecule has 1 atom stereocenters. The first kappa shape index (κ1) is 27.3. The van der Waals surface area contributed by atoms with Crippen LogP contribution in [0.5, 0.6) is 0 Å². The number of rotatable bonds is 21. The van der Waals surface area contributed by atoms with Gasteiger partial charge in [0.25, 0.3) is 0 Å². The van der Waals surface area contributed by atoms with Crippen molar-refractivity contribution in [3.8, 4) is 0 Å². The second-order valence-corrected chi connectivity index (χ2v) is 7.60. The molecule has 0 bridgehead atoms. The zero-order valence-corrected chi connectivity index (χ0v) is 19.1. The van der Waals surface area contributed by atoms with Gasteiger partial charge in [0.15, 0.2) is 6.29 Å². The van der Waals surface area contributed by atoms with Crippen LogP contribution in [0.15, 0.2) is 0 Å². The van der Waals surface area contributed by atoms with Crippen LogP contribution >= 0.6 is 0 Å². The van der Waals surface area contributed by atoms with Gasteiger partial charge in [-0.3, -0.25) is 4.79 Å². The summed E-state index contributed by atoms with van der Waals surface area (Å²) in [5.41, 5.74) is 0. The van der Waals surface area contributed by atoms with E-state index in [1.54, 1.807) is 0 Å². The van der Waals surface area contributed by atoms with Crippen molar-refractivity contribution in [3.05, 3.63) is 0 Å². The van der Waals surface area contributed by atoms with Crippen LogP contribution in [0.3, 0.4) is 0 Å². The molecule has 7 nitrogen and oxygen atoms in total. The number of carbonyl (C=O) groups excluding carboxylic acids is 1. The van der Waals surface area contributed by atoms with E-state index < -0.39 is 0 Å². The molecule has 0 radical (unpaired) electrons. The standard InChI is InChI=1S/C23H44O7/c1-2-3-4-5-6-7-8-11-22(24)28-20-18-26-16-14-25-15-17-27-19-21-30-23-12-9-10-13-29-23/h23H,2-21H2,1H3. The van der Waals surface area contributed by atoms with Crippen molar-refractivity contribution in [2.45, 2.75) is 83.8 Å². The molecular formula is C23H44O7. The van der Waals surface area contributed by atoms with Gasteiger partial charge in [0, 0.05) is 13.0 Å². The number of ether oxygens (including phenoxy) is 6. The van der Waals surface area contributed by atoms with Gasteiger partial charge >= 0.3 is 5.97 Å². The molecule has 0 N–H and O–H groups in total. The molecule has 0 aromatic carbocycles. The molecule has 0 amide bonds. The molecule has 1 saturated heterocycles. The Morgan fingerprint density at radius 3 is 2.00 bits per heavy atom. The molecule has 30 heavy (non-hydrogen) atoms. The Kier molecular flexibility index (Phi) is 19.6. The lowest BCUT2D eigenvalue weighted by Crippen LogP contribution is -2.24. The molecule has 178 valence electrons. The Labute approximate surface area is 183 Å². The maximum Gasteiger partial charge on any atom is 0.305 e. The summed E-state index contributed by atoms with van der Waals surface area (Å²) in [7, 11) is 0. The Bertz CT molecular complexity index is 373. The molecule has 1 heterocycles. The first-order valence-electron chi connectivity index (χ1n) is 11.9. The molecule has 0 saturated carbocycles. The SMILES string of the molecule is CCCCCCCCCC(=O)OCCOCCOCCOCCOC1CCCCO1. The van der Waals surface area contributed by atoms with Crippen LogP contribution in [0.25, 0.3) is 0 Å². The van der Waals surface area contributed by atoms with E-state index in [0.717, 1.165) is 32.3 Å². The van der Waals surface area contributed by atoms with Crippen molar-refractivity contribution in [3.63, 3.8) is 0 Å². The fourth-order valence-corrected chi connectivity index (χ4v) is 3.14. The van der Waals surface area contributed by atoms with E-state index in [2.05, 4.69) is 6.92 Å². The maximum absolute atomic E-state index is 11.6. The maximum atomic E-state index is 11.6. The van der Waals surface area contributed by atoms with Crippen LogP contribution < -0.4 is 0 Å². The largest absolute Gasteiger partial charge is 0.463 e. The lowest BCUT2D eigenvalue weighted by Gasteiger charge is -2.22. The van der Waals surface area contributed by atoms with Gasteiger partial charge in [-0.25, -0.2) is 0 Å². The lowest BCUT2D eigenvalue weighted by molar-refractivity contribution is -0.169. The Balaban J connectivity index is 1.70. The van der Waals surface area contributed by atoms with Gasteiger partial charge in [-0.2, -0.15) is 0 Å². The van der Waals surface area contributed by atoms with E-state index in [-0.39, 0.29) is 12.3 Å². The molecule has 1 aliphatic heterocycles. The fraction of sp³-hybridized carbons (Fsp3) is 0.957. The van der Waals surface area contributed by atoms with E-state index >= 15 is 0 Å². The third kappa shape index (κ3) is 18.1. The van der Waals surface area contributed by atoms with Crippen molar-refractivity contribution in [2.24, 2.45) is 0 Å². The molecule has 0 aromatic rings. The zero-order chi connectivity index (χ0) is 21.5. The molecule has 1 rings (SSSR count). The summed E-state index contributed by atoms with van der Waals surface area (Å²) in [6.45, 7) is 6.86. The Morgan fingerprint density at radius 1 is 0.767 bits per heavy atom. The number of unbranched alkanes of at least 4 members (excludes halogenated alkanes) is 6. The summed E-state index contributed by atoms with van der Waals surface area (Å²) in [5.74, 6) is -0.125. The smallest absolute Gasteiger partial charge is 0.305 e. The molecule has 1 unspecified atom stereocenters. The van der Waals surface area contributed by atoms with E-state index in [9.17, 15) is 4.79 Å². The van der Waals surface area contributed by atoms with Gasteiger partial charge in [-0.1, -0.05) is 45.4 Å². The molecule has 0 aromatic heterocycles. The summed E-state index contributed by atoms with van der Waals surface area (Å²) in [5, 5.41) is 0. The highest BCUT2D eigenvalue weighted by atomic mass is 16.7. The highest BCUT2D eigenvalue weighted by molar-refractivity contribution is 5.69. The average Bonchev–Trinajstić information content (AvgIpc) is 2.77. The highest BCUT2D eigenvalue weighted by Crippen LogP contribution is 2.13. The number of esters is 1. The normalized spacial score (nSPS) is 16.6. The summed E-state index contributed by atoms with van der Waals surface area (Å²) in [6, 6.07) is 0. The minimum atomic E-state index is -0.125. The van der Waals surface area contributed by atoms with Gasteiger partial charge in [0.2, 0.25) is 0 Å².